The number of carbonyl (C=O) groups is 1. The first kappa shape index (κ1) is 14.4. The predicted octanol–water partition coefficient (Wildman–Crippen LogP) is 2.99. The summed E-state index contributed by atoms with van der Waals surface area (Å²) in [6.07, 6.45) is 1.99. The van der Waals surface area contributed by atoms with Crippen LogP contribution in [0.4, 0.5) is 0 Å². The summed E-state index contributed by atoms with van der Waals surface area (Å²) >= 11 is 6.25. The van der Waals surface area contributed by atoms with E-state index in [0.717, 1.165) is 30.0 Å². The van der Waals surface area contributed by atoms with E-state index in [2.05, 4.69) is 0 Å². The summed E-state index contributed by atoms with van der Waals surface area (Å²) in [5.74, 6) is -0.0134. The number of amides is 1. The van der Waals surface area contributed by atoms with Gasteiger partial charge in [-0.15, -0.1) is 0 Å². The van der Waals surface area contributed by atoms with Gasteiger partial charge >= 0.3 is 0 Å². The highest BCUT2D eigenvalue weighted by Gasteiger charge is 2.34. The number of nitrogens with zero attached hydrogens (tertiary/aromatic N) is 1. The summed E-state index contributed by atoms with van der Waals surface area (Å²) in [4.78, 5) is 14.4. The number of carbonyl (C=O) groups excluding carboxylic acids is 1. The van der Waals surface area contributed by atoms with Gasteiger partial charge in [-0.25, -0.2) is 0 Å². The van der Waals surface area contributed by atoms with Crippen LogP contribution in [0.2, 0.25) is 5.02 Å². The molecule has 19 heavy (non-hydrogen) atoms. The minimum Gasteiger partial charge on any atom is -0.335 e. The van der Waals surface area contributed by atoms with E-state index in [4.69, 9.17) is 17.3 Å². The molecule has 1 saturated heterocycles. The van der Waals surface area contributed by atoms with Crippen molar-refractivity contribution >= 4 is 17.5 Å². The van der Waals surface area contributed by atoms with Crippen LogP contribution in [0, 0.1) is 5.92 Å². The molecule has 0 aromatic heterocycles. The van der Waals surface area contributed by atoms with Crippen LogP contribution in [0.1, 0.15) is 38.3 Å². The van der Waals surface area contributed by atoms with E-state index >= 15 is 0 Å². The summed E-state index contributed by atoms with van der Waals surface area (Å²) in [7, 11) is 0. The SMILES string of the molecule is CC(N)C(C)C(=O)N1CCCC1c1ccccc1Cl. The Morgan fingerprint density at radius 2 is 2.11 bits per heavy atom. The zero-order chi connectivity index (χ0) is 14.0. The molecule has 3 nitrogen and oxygen atoms in total. The molecule has 4 heteroatoms. The van der Waals surface area contributed by atoms with Gasteiger partial charge in [-0.2, -0.15) is 0 Å². The normalized spacial score (nSPS) is 22.3. The zero-order valence-corrected chi connectivity index (χ0v) is 12.2. The van der Waals surface area contributed by atoms with Crippen molar-refractivity contribution in [1.29, 1.82) is 0 Å². The van der Waals surface area contributed by atoms with Gasteiger partial charge in [0.15, 0.2) is 0 Å². The second-order valence-corrected chi connectivity index (χ2v) is 5.77. The fourth-order valence-electron chi connectivity index (χ4n) is 2.59. The van der Waals surface area contributed by atoms with Crippen LogP contribution in [0.25, 0.3) is 0 Å². The number of likely N-dealkylation sites (tertiary alicyclic amines) is 1. The minimum atomic E-state index is -0.150. The minimum absolute atomic E-state index is 0.0994. The van der Waals surface area contributed by atoms with Crippen molar-refractivity contribution in [2.45, 2.75) is 38.8 Å². The molecule has 0 bridgehead atoms. The molecule has 0 radical (unpaired) electrons. The third-order valence-corrected chi connectivity index (χ3v) is 4.32. The Hall–Kier alpha value is -1.06. The molecule has 1 aliphatic rings. The predicted molar refractivity (Wildman–Crippen MR) is 78.0 cm³/mol. The van der Waals surface area contributed by atoms with E-state index in [0.29, 0.717) is 0 Å². The molecule has 1 heterocycles. The van der Waals surface area contributed by atoms with E-state index in [1.807, 2.05) is 43.0 Å². The molecule has 0 aliphatic carbocycles. The summed E-state index contributed by atoms with van der Waals surface area (Å²) in [5.41, 5.74) is 6.89. The number of nitrogens with two attached hydrogens (primary N) is 1. The van der Waals surface area contributed by atoms with Gasteiger partial charge in [-0.3, -0.25) is 4.79 Å². The van der Waals surface area contributed by atoms with E-state index < -0.39 is 0 Å². The molecular weight excluding hydrogens is 260 g/mol. The van der Waals surface area contributed by atoms with E-state index in [9.17, 15) is 4.79 Å². The topological polar surface area (TPSA) is 46.3 Å². The van der Waals surface area contributed by atoms with Gasteiger partial charge in [0, 0.05) is 17.6 Å². The smallest absolute Gasteiger partial charge is 0.227 e. The number of hydrogen-bond donors (Lipinski definition) is 1. The first-order chi connectivity index (χ1) is 9.02. The molecule has 3 unspecified atom stereocenters. The van der Waals surface area contributed by atoms with Gasteiger partial charge in [-0.05, 0) is 31.4 Å². The largest absolute Gasteiger partial charge is 0.335 e. The van der Waals surface area contributed by atoms with Gasteiger partial charge in [0.25, 0.3) is 0 Å². The molecule has 2 rings (SSSR count). The Kier molecular flexibility index (Phi) is 4.48. The highest BCUT2D eigenvalue weighted by Crippen LogP contribution is 2.36. The van der Waals surface area contributed by atoms with E-state index in [1.165, 1.54) is 0 Å². The Morgan fingerprint density at radius 3 is 2.74 bits per heavy atom. The molecule has 1 aromatic carbocycles. The number of hydrogen-bond acceptors (Lipinski definition) is 2. The molecule has 1 amide bonds. The van der Waals surface area contributed by atoms with Crippen molar-refractivity contribution in [1.82, 2.24) is 4.90 Å². The van der Waals surface area contributed by atoms with Crippen LogP contribution >= 0.6 is 11.6 Å². The van der Waals surface area contributed by atoms with Gasteiger partial charge in [-0.1, -0.05) is 36.7 Å². The van der Waals surface area contributed by atoms with Crippen molar-refractivity contribution in [2.24, 2.45) is 11.7 Å². The van der Waals surface area contributed by atoms with Crippen molar-refractivity contribution in [3.8, 4) is 0 Å². The maximum absolute atomic E-state index is 12.5. The fourth-order valence-corrected chi connectivity index (χ4v) is 2.85. The van der Waals surface area contributed by atoms with Crippen molar-refractivity contribution < 1.29 is 4.79 Å². The maximum atomic E-state index is 12.5. The Balaban J connectivity index is 2.22. The van der Waals surface area contributed by atoms with E-state index in [1.54, 1.807) is 0 Å². The molecule has 104 valence electrons. The summed E-state index contributed by atoms with van der Waals surface area (Å²) in [5, 5.41) is 0.737. The van der Waals surface area contributed by atoms with E-state index in [-0.39, 0.29) is 23.9 Å². The first-order valence-electron chi connectivity index (χ1n) is 6.83. The van der Waals surface area contributed by atoms with Crippen LogP contribution < -0.4 is 5.73 Å². The lowest BCUT2D eigenvalue weighted by Crippen LogP contribution is -2.41. The molecule has 1 aromatic rings. The molecular formula is C15H21ClN2O. The average Bonchev–Trinajstić information content (AvgIpc) is 2.86. The van der Waals surface area contributed by atoms with Crippen LogP contribution in [0.5, 0.6) is 0 Å². The molecule has 0 saturated carbocycles. The number of benzene rings is 1. The second-order valence-electron chi connectivity index (χ2n) is 5.36. The third-order valence-electron chi connectivity index (χ3n) is 3.98. The molecule has 2 N–H and O–H groups in total. The molecule has 0 spiro atoms. The van der Waals surface area contributed by atoms with Crippen LogP contribution in [0.15, 0.2) is 24.3 Å². The van der Waals surface area contributed by atoms with Gasteiger partial charge < -0.3 is 10.6 Å². The van der Waals surface area contributed by atoms with Gasteiger partial charge in [0.05, 0.1) is 12.0 Å². The third kappa shape index (κ3) is 2.93. The fraction of sp³-hybridized carbons (Fsp3) is 0.533. The maximum Gasteiger partial charge on any atom is 0.227 e. The van der Waals surface area contributed by atoms with Crippen molar-refractivity contribution in [2.75, 3.05) is 6.54 Å². The second kappa shape index (κ2) is 5.93. The highest BCUT2D eigenvalue weighted by atomic mass is 35.5. The number of halogens is 1. The van der Waals surface area contributed by atoms with Crippen LogP contribution in [-0.4, -0.2) is 23.4 Å². The van der Waals surface area contributed by atoms with Crippen LogP contribution in [0.3, 0.4) is 0 Å². The first-order valence-corrected chi connectivity index (χ1v) is 7.20. The lowest BCUT2D eigenvalue weighted by atomic mass is 10.00. The summed E-state index contributed by atoms with van der Waals surface area (Å²) in [6.45, 7) is 4.57. The van der Waals surface area contributed by atoms with Gasteiger partial charge in [0.1, 0.15) is 0 Å². The van der Waals surface area contributed by atoms with Crippen molar-refractivity contribution in [3.05, 3.63) is 34.9 Å². The monoisotopic (exact) mass is 280 g/mol. The Morgan fingerprint density at radius 1 is 1.42 bits per heavy atom. The lowest BCUT2D eigenvalue weighted by Gasteiger charge is -2.29. The molecule has 1 fully saturated rings. The molecule has 3 atom stereocenters. The average molecular weight is 281 g/mol. The summed E-state index contributed by atoms with van der Waals surface area (Å²) < 4.78 is 0. The highest BCUT2D eigenvalue weighted by molar-refractivity contribution is 6.31. The summed E-state index contributed by atoms with van der Waals surface area (Å²) in [6, 6.07) is 7.75. The standard InChI is InChI=1S/C15H21ClN2O/c1-10(11(2)17)15(19)18-9-5-8-14(18)12-6-3-4-7-13(12)16/h3-4,6-7,10-11,14H,5,8-9,17H2,1-2H3. The van der Waals surface area contributed by atoms with Crippen molar-refractivity contribution in [3.63, 3.8) is 0 Å². The Labute approximate surface area is 119 Å². The zero-order valence-electron chi connectivity index (χ0n) is 11.5. The number of rotatable bonds is 3. The van der Waals surface area contributed by atoms with Crippen LogP contribution in [-0.2, 0) is 4.79 Å². The van der Waals surface area contributed by atoms with Gasteiger partial charge in [0.2, 0.25) is 5.91 Å². The quantitative estimate of drug-likeness (QED) is 0.925. The molecule has 1 aliphatic heterocycles. The Bertz CT molecular complexity index is 461. The lowest BCUT2D eigenvalue weighted by molar-refractivity contribution is -0.136.